The number of thiophene rings is 1. The topological polar surface area (TPSA) is 55.1 Å². The number of nitrogens with zero attached hydrogens (tertiary/aromatic N) is 4. The maximum atomic E-state index is 4.74. The Labute approximate surface area is 137 Å². The molecule has 0 saturated heterocycles. The van der Waals surface area contributed by atoms with E-state index in [4.69, 9.17) is 4.98 Å². The average Bonchev–Trinajstić information content (AvgIpc) is 3.27. The fraction of sp³-hybridized carbons (Fsp3) is 0.118. The molecule has 0 fully saturated rings. The molecular weight excluding hydrogens is 306 g/mol. The summed E-state index contributed by atoms with van der Waals surface area (Å²) in [6.45, 7) is 0.764. The van der Waals surface area contributed by atoms with Gasteiger partial charge in [0.1, 0.15) is 0 Å². The zero-order valence-electron chi connectivity index (χ0n) is 12.4. The van der Waals surface area contributed by atoms with Crippen molar-refractivity contribution in [1.29, 1.82) is 0 Å². The van der Waals surface area contributed by atoms with Crippen molar-refractivity contribution in [3.05, 3.63) is 66.2 Å². The molecule has 4 aromatic heterocycles. The third-order valence-electron chi connectivity index (χ3n) is 3.55. The minimum atomic E-state index is 0.764. The number of rotatable bonds is 5. The molecule has 0 aliphatic rings. The second kappa shape index (κ2) is 6.18. The molecule has 0 bridgehead atoms. The van der Waals surface area contributed by atoms with Gasteiger partial charge in [0, 0.05) is 43.4 Å². The van der Waals surface area contributed by atoms with E-state index in [0.29, 0.717) is 0 Å². The summed E-state index contributed by atoms with van der Waals surface area (Å²) in [5.41, 5.74) is 2.85. The van der Waals surface area contributed by atoms with E-state index in [1.165, 1.54) is 0 Å². The van der Waals surface area contributed by atoms with E-state index in [1.807, 2.05) is 47.3 Å². The van der Waals surface area contributed by atoms with Gasteiger partial charge in [-0.25, -0.2) is 9.97 Å². The summed E-state index contributed by atoms with van der Waals surface area (Å²) in [6, 6.07) is 10.1. The highest BCUT2D eigenvalue weighted by atomic mass is 32.1. The summed E-state index contributed by atoms with van der Waals surface area (Å²) in [7, 11) is 0. The van der Waals surface area contributed by atoms with Crippen molar-refractivity contribution in [3.63, 3.8) is 0 Å². The van der Waals surface area contributed by atoms with Crippen molar-refractivity contribution in [2.75, 3.05) is 11.9 Å². The van der Waals surface area contributed by atoms with Crippen LogP contribution in [0, 0.1) is 0 Å². The first-order chi connectivity index (χ1) is 11.4. The molecule has 4 rings (SSSR count). The smallest absolute Gasteiger partial charge is 0.180 e. The number of nitrogens with one attached hydrogen (secondary N) is 1. The van der Waals surface area contributed by atoms with Crippen LogP contribution in [0.5, 0.6) is 0 Å². The Bertz CT molecular complexity index is 899. The van der Waals surface area contributed by atoms with E-state index in [0.717, 1.165) is 40.7 Å². The molecule has 4 aromatic rings. The molecule has 0 radical (unpaired) electrons. The molecule has 114 valence electrons. The SMILES string of the molecule is c1ccc(CCNc2nc(-c3cccs3)cn3ccnc23)nc1. The third kappa shape index (κ3) is 2.93. The van der Waals surface area contributed by atoms with Gasteiger partial charge in [-0.2, -0.15) is 0 Å². The number of fused-ring (bicyclic) bond motifs is 1. The van der Waals surface area contributed by atoms with Gasteiger partial charge >= 0.3 is 0 Å². The summed E-state index contributed by atoms with van der Waals surface area (Å²) in [5, 5.41) is 5.45. The molecule has 0 spiro atoms. The Morgan fingerprint density at radius 1 is 1.09 bits per heavy atom. The Kier molecular flexibility index (Phi) is 3.73. The highest BCUT2D eigenvalue weighted by Crippen LogP contribution is 2.25. The summed E-state index contributed by atoms with van der Waals surface area (Å²) < 4.78 is 2.01. The Morgan fingerprint density at radius 2 is 2.09 bits per heavy atom. The first-order valence-electron chi connectivity index (χ1n) is 7.41. The Morgan fingerprint density at radius 3 is 2.91 bits per heavy atom. The van der Waals surface area contributed by atoms with Crippen molar-refractivity contribution in [3.8, 4) is 10.6 Å². The lowest BCUT2D eigenvalue weighted by atomic mass is 10.3. The molecule has 6 heteroatoms. The summed E-state index contributed by atoms with van der Waals surface area (Å²) >= 11 is 1.68. The Hall–Kier alpha value is -2.73. The molecule has 0 aliphatic heterocycles. The van der Waals surface area contributed by atoms with E-state index < -0.39 is 0 Å². The summed E-state index contributed by atoms with van der Waals surface area (Å²) in [4.78, 5) is 14.6. The van der Waals surface area contributed by atoms with Crippen LogP contribution >= 0.6 is 11.3 Å². The van der Waals surface area contributed by atoms with Crippen LogP contribution in [0.3, 0.4) is 0 Å². The first-order valence-corrected chi connectivity index (χ1v) is 8.29. The van der Waals surface area contributed by atoms with Crippen LogP contribution in [0.2, 0.25) is 0 Å². The van der Waals surface area contributed by atoms with Crippen molar-refractivity contribution in [1.82, 2.24) is 19.4 Å². The molecule has 1 N–H and O–H groups in total. The number of hydrogen-bond donors (Lipinski definition) is 1. The third-order valence-corrected chi connectivity index (χ3v) is 4.44. The second-order valence-corrected chi connectivity index (χ2v) is 6.06. The molecular formula is C17H15N5S. The van der Waals surface area contributed by atoms with Crippen LogP contribution in [-0.2, 0) is 6.42 Å². The molecule has 0 aromatic carbocycles. The number of pyridine rings is 1. The maximum Gasteiger partial charge on any atom is 0.180 e. The highest BCUT2D eigenvalue weighted by molar-refractivity contribution is 7.13. The maximum absolute atomic E-state index is 4.74. The van der Waals surface area contributed by atoms with Crippen LogP contribution in [0.25, 0.3) is 16.2 Å². The van der Waals surface area contributed by atoms with Crippen molar-refractivity contribution >= 4 is 22.8 Å². The van der Waals surface area contributed by atoms with E-state index in [1.54, 1.807) is 17.5 Å². The fourth-order valence-electron chi connectivity index (χ4n) is 2.45. The molecule has 23 heavy (non-hydrogen) atoms. The molecule has 0 unspecified atom stereocenters. The number of aromatic nitrogens is 4. The van der Waals surface area contributed by atoms with Crippen LogP contribution in [-0.4, -0.2) is 25.9 Å². The van der Waals surface area contributed by atoms with Gasteiger partial charge in [-0.1, -0.05) is 12.1 Å². The number of imidazole rings is 1. The summed E-state index contributed by atoms with van der Waals surface area (Å²) in [6.07, 6.45) is 8.41. The largest absolute Gasteiger partial charge is 0.367 e. The van der Waals surface area contributed by atoms with Gasteiger partial charge in [-0.05, 0) is 23.6 Å². The van der Waals surface area contributed by atoms with Crippen LogP contribution < -0.4 is 5.32 Å². The van der Waals surface area contributed by atoms with E-state index in [-0.39, 0.29) is 0 Å². The zero-order chi connectivity index (χ0) is 15.5. The number of anilines is 1. The van der Waals surface area contributed by atoms with E-state index in [2.05, 4.69) is 26.7 Å². The fourth-order valence-corrected chi connectivity index (χ4v) is 3.13. The lowest BCUT2D eigenvalue weighted by Gasteiger charge is -2.09. The van der Waals surface area contributed by atoms with Crippen molar-refractivity contribution in [2.45, 2.75) is 6.42 Å². The van der Waals surface area contributed by atoms with Gasteiger partial charge in [-0.15, -0.1) is 11.3 Å². The minimum Gasteiger partial charge on any atom is -0.367 e. The minimum absolute atomic E-state index is 0.764. The van der Waals surface area contributed by atoms with Crippen molar-refractivity contribution in [2.24, 2.45) is 0 Å². The highest BCUT2D eigenvalue weighted by Gasteiger charge is 2.09. The van der Waals surface area contributed by atoms with Gasteiger partial charge in [0.2, 0.25) is 0 Å². The van der Waals surface area contributed by atoms with Gasteiger partial charge in [0.15, 0.2) is 11.5 Å². The predicted molar refractivity (Wildman–Crippen MR) is 92.7 cm³/mol. The summed E-state index contributed by atoms with van der Waals surface area (Å²) in [5.74, 6) is 0.803. The standard InChI is InChI=1S/C17H15N5S/c1-2-7-18-13(4-1)6-8-19-16-17-20-9-10-22(17)12-14(21-16)15-5-3-11-23-15/h1-5,7,9-12H,6,8H2,(H,19,21). The van der Waals surface area contributed by atoms with E-state index >= 15 is 0 Å². The van der Waals surface area contributed by atoms with Gasteiger partial charge < -0.3 is 9.72 Å². The molecule has 0 amide bonds. The lowest BCUT2D eigenvalue weighted by molar-refractivity contribution is 0.951. The molecule has 5 nitrogen and oxygen atoms in total. The molecule has 0 aliphatic carbocycles. The van der Waals surface area contributed by atoms with Crippen LogP contribution in [0.15, 0.2) is 60.5 Å². The average molecular weight is 321 g/mol. The van der Waals surface area contributed by atoms with Crippen molar-refractivity contribution < 1.29 is 0 Å². The Balaban J connectivity index is 1.59. The quantitative estimate of drug-likeness (QED) is 0.611. The molecule has 4 heterocycles. The monoisotopic (exact) mass is 321 g/mol. The van der Waals surface area contributed by atoms with Crippen LogP contribution in [0.4, 0.5) is 5.82 Å². The molecule has 0 atom stereocenters. The van der Waals surface area contributed by atoms with Gasteiger partial charge in [0.25, 0.3) is 0 Å². The van der Waals surface area contributed by atoms with E-state index in [9.17, 15) is 0 Å². The zero-order valence-corrected chi connectivity index (χ0v) is 13.2. The van der Waals surface area contributed by atoms with Crippen LogP contribution in [0.1, 0.15) is 5.69 Å². The second-order valence-electron chi connectivity index (χ2n) is 5.11. The van der Waals surface area contributed by atoms with Gasteiger partial charge in [0.05, 0.1) is 10.6 Å². The predicted octanol–water partition coefficient (Wildman–Crippen LogP) is 3.51. The number of hydrogen-bond acceptors (Lipinski definition) is 5. The first kappa shape index (κ1) is 13.9. The van der Waals surface area contributed by atoms with Gasteiger partial charge in [-0.3, -0.25) is 4.98 Å². The molecule has 0 saturated carbocycles. The lowest BCUT2D eigenvalue weighted by Crippen LogP contribution is -2.09. The normalized spacial score (nSPS) is 11.0.